The van der Waals surface area contributed by atoms with E-state index in [4.69, 9.17) is 4.74 Å². The van der Waals surface area contributed by atoms with E-state index in [1.54, 1.807) is 48.5 Å². The Labute approximate surface area is 181 Å². The van der Waals surface area contributed by atoms with Crippen LogP contribution in [0.15, 0.2) is 115 Å². The van der Waals surface area contributed by atoms with E-state index in [1.807, 2.05) is 66.7 Å². The van der Waals surface area contributed by atoms with Crippen LogP contribution in [0.2, 0.25) is 0 Å². The summed E-state index contributed by atoms with van der Waals surface area (Å²) in [7, 11) is 0. The number of benzene rings is 4. The zero-order valence-electron chi connectivity index (χ0n) is 16.8. The Balaban J connectivity index is 1.61. The number of esters is 1. The molecule has 4 aromatic rings. The van der Waals surface area contributed by atoms with Gasteiger partial charge in [-0.1, -0.05) is 91.0 Å². The highest BCUT2D eigenvalue weighted by molar-refractivity contribution is 6.08. The molecule has 0 aliphatic carbocycles. The van der Waals surface area contributed by atoms with Gasteiger partial charge in [0.1, 0.15) is 0 Å². The lowest BCUT2D eigenvalue weighted by Crippen LogP contribution is -2.17. The number of amides is 1. The van der Waals surface area contributed by atoms with Gasteiger partial charge >= 0.3 is 5.97 Å². The molecule has 0 aliphatic rings. The summed E-state index contributed by atoms with van der Waals surface area (Å²) in [6.45, 7) is 0. The molecule has 0 aliphatic heterocycles. The number of nitrogens with one attached hydrogen (secondary N) is 1. The highest BCUT2D eigenvalue weighted by atomic mass is 16.5. The van der Waals surface area contributed by atoms with Crippen LogP contribution >= 0.6 is 0 Å². The highest BCUT2D eigenvalue weighted by Gasteiger charge is 2.22. The second-order valence-corrected chi connectivity index (χ2v) is 6.97. The molecule has 4 aromatic carbocycles. The van der Waals surface area contributed by atoms with Gasteiger partial charge < -0.3 is 10.1 Å². The van der Waals surface area contributed by atoms with Crippen molar-refractivity contribution in [3.8, 4) is 0 Å². The van der Waals surface area contributed by atoms with Crippen LogP contribution in [0.4, 0.5) is 5.69 Å². The summed E-state index contributed by atoms with van der Waals surface area (Å²) in [5.74, 6) is -0.801. The summed E-state index contributed by atoms with van der Waals surface area (Å²) in [4.78, 5) is 25.8. The maximum Gasteiger partial charge on any atom is 0.341 e. The number of carbonyl (C=O) groups excluding carboxylic acids is 2. The second kappa shape index (κ2) is 9.55. The van der Waals surface area contributed by atoms with Crippen molar-refractivity contribution in [2.24, 2.45) is 0 Å². The van der Waals surface area contributed by atoms with Gasteiger partial charge in [0, 0.05) is 5.56 Å². The Kier molecular flexibility index (Phi) is 6.19. The maximum absolute atomic E-state index is 13.2. The molecular weight excluding hydrogens is 386 g/mol. The van der Waals surface area contributed by atoms with E-state index in [-0.39, 0.29) is 5.91 Å². The molecule has 4 heteroatoms. The van der Waals surface area contributed by atoms with Crippen LogP contribution in [-0.2, 0) is 4.74 Å². The standard InChI is InChI=1S/C27H21NO3/c29-26(22-16-8-3-9-17-22)28-24-19-11-10-18-23(24)27(30)31-25(20-12-4-1-5-13-20)21-14-6-2-7-15-21/h1-19,25H,(H,28,29). The van der Waals surface area contributed by atoms with E-state index in [0.717, 1.165) is 11.1 Å². The molecule has 0 aromatic heterocycles. The lowest BCUT2D eigenvalue weighted by atomic mass is 10.0. The van der Waals surface area contributed by atoms with Gasteiger partial charge in [0.15, 0.2) is 6.10 Å². The summed E-state index contributed by atoms with van der Waals surface area (Å²) in [5, 5.41) is 2.82. The van der Waals surface area contributed by atoms with Crippen molar-refractivity contribution in [2.75, 3.05) is 5.32 Å². The summed E-state index contributed by atoms with van der Waals surface area (Å²) in [5.41, 5.74) is 2.95. The molecule has 152 valence electrons. The maximum atomic E-state index is 13.2. The van der Waals surface area contributed by atoms with E-state index < -0.39 is 12.1 Å². The van der Waals surface area contributed by atoms with Crippen LogP contribution in [0.5, 0.6) is 0 Å². The van der Waals surface area contributed by atoms with Gasteiger partial charge in [-0.2, -0.15) is 0 Å². The summed E-state index contributed by atoms with van der Waals surface area (Å²) in [6.07, 6.45) is -0.562. The minimum atomic E-state index is -0.562. The number of para-hydroxylation sites is 1. The van der Waals surface area contributed by atoms with Gasteiger partial charge in [-0.25, -0.2) is 4.79 Å². The van der Waals surface area contributed by atoms with Crippen molar-refractivity contribution >= 4 is 17.6 Å². The zero-order chi connectivity index (χ0) is 21.5. The normalized spacial score (nSPS) is 10.5. The van der Waals surface area contributed by atoms with Crippen molar-refractivity contribution in [1.82, 2.24) is 0 Å². The van der Waals surface area contributed by atoms with Gasteiger partial charge in [-0.3, -0.25) is 4.79 Å². The molecule has 0 bridgehead atoms. The van der Waals surface area contributed by atoms with Crippen LogP contribution in [0.3, 0.4) is 0 Å². The van der Waals surface area contributed by atoms with E-state index in [9.17, 15) is 9.59 Å². The number of anilines is 1. The molecule has 31 heavy (non-hydrogen) atoms. The minimum absolute atomic E-state index is 0.288. The average molecular weight is 407 g/mol. The molecule has 0 saturated heterocycles. The fraction of sp³-hybridized carbons (Fsp3) is 0.0370. The summed E-state index contributed by atoms with van der Waals surface area (Å²) in [6, 6.07) is 34.9. The van der Waals surface area contributed by atoms with Crippen molar-refractivity contribution in [3.63, 3.8) is 0 Å². The minimum Gasteiger partial charge on any atom is -0.449 e. The number of hydrogen-bond donors (Lipinski definition) is 1. The fourth-order valence-electron chi connectivity index (χ4n) is 3.31. The Bertz CT molecular complexity index is 1120. The third-order valence-electron chi connectivity index (χ3n) is 4.86. The first kappa shape index (κ1) is 20.1. The van der Waals surface area contributed by atoms with Crippen LogP contribution in [-0.4, -0.2) is 11.9 Å². The summed E-state index contributed by atoms with van der Waals surface area (Å²) >= 11 is 0. The molecule has 0 saturated carbocycles. The van der Waals surface area contributed by atoms with Gasteiger partial charge in [0.05, 0.1) is 11.3 Å². The SMILES string of the molecule is O=C(Nc1ccccc1C(=O)OC(c1ccccc1)c1ccccc1)c1ccccc1. The molecule has 0 unspecified atom stereocenters. The Morgan fingerprint density at radius 1 is 0.613 bits per heavy atom. The van der Waals surface area contributed by atoms with Crippen molar-refractivity contribution in [1.29, 1.82) is 0 Å². The topological polar surface area (TPSA) is 55.4 Å². The first-order valence-electron chi connectivity index (χ1n) is 9.98. The van der Waals surface area contributed by atoms with Crippen molar-refractivity contribution < 1.29 is 14.3 Å². The predicted molar refractivity (Wildman–Crippen MR) is 121 cm³/mol. The zero-order valence-corrected chi connectivity index (χ0v) is 16.8. The predicted octanol–water partition coefficient (Wildman–Crippen LogP) is 5.89. The molecule has 1 N–H and O–H groups in total. The van der Waals surface area contributed by atoms with E-state index >= 15 is 0 Å². The van der Waals surface area contributed by atoms with E-state index in [1.165, 1.54) is 0 Å². The molecule has 0 radical (unpaired) electrons. The molecule has 4 rings (SSSR count). The molecule has 0 atom stereocenters. The summed E-state index contributed by atoms with van der Waals surface area (Å²) < 4.78 is 5.95. The number of rotatable bonds is 6. The van der Waals surface area contributed by atoms with Crippen LogP contribution < -0.4 is 5.32 Å². The van der Waals surface area contributed by atoms with Gasteiger partial charge in [0.25, 0.3) is 5.91 Å². The molecule has 0 fully saturated rings. The van der Waals surface area contributed by atoms with Crippen molar-refractivity contribution in [3.05, 3.63) is 138 Å². The van der Waals surface area contributed by atoms with Crippen molar-refractivity contribution in [2.45, 2.75) is 6.10 Å². The molecule has 0 heterocycles. The average Bonchev–Trinajstić information content (AvgIpc) is 2.84. The third kappa shape index (κ3) is 4.87. The lowest BCUT2D eigenvalue weighted by molar-refractivity contribution is 0.0379. The largest absolute Gasteiger partial charge is 0.449 e. The number of carbonyl (C=O) groups is 2. The first-order valence-corrected chi connectivity index (χ1v) is 9.98. The van der Waals surface area contributed by atoms with Crippen LogP contribution in [0.25, 0.3) is 0 Å². The molecule has 4 nitrogen and oxygen atoms in total. The van der Waals surface area contributed by atoms with Crippen LogP contribution in [0.1, 0.15) is 37.9 Å². The number of hydrogen-bond acceptors (Lipinski definition) is 3. The Morgan fingerprint density at radius 3 is 1.68 bits per heavy atom. The smallest absolute Gasteiger partial charge is 0.341 e. The lowest BCUT2D eigenvalue weighted by Gasteiger charge is -2.20. The Morgan fingerprint density at radius 2 is 1.10 bits per heavy atom. The Hall–Kier alpha value is -4.18. The molecular formula is C27H21NO3. The highest BCUT2D eigenvalue weighted by Crippen LogP contribution is 2.28. The first-order chi connectivity index (χ1) is 15.2. The van der Waals surface area contributed by atoms with E-state index in [0.29, 0.717) is 16.8 Å². The third-order valence-corrected chi connectivity index (χ3v) is 4.86. The number of ether oxygens (including phenoxy) is 1. The van der Waals surface area contributed by atoms with Gasteiger partial charge in [0.2, 0.25) is 0 Å². The fourth-order valence-corrected chi connectivity index (χ4v) is 3.31. The van der Waals surface area contributed by atoms with Gasteiger partial charge in [-0.05, 0) is 35.4 Å². The van der Waals surface area contributed by atoms with Crippen LogP contribution in [0, 0.1) is 0 Å². The molecule has 0 spiro atoms. The van der Waals surface area contributed by atoms with Gasteiger partial charge in [-0.15, -0.1) is 0 Å². The molecule has 1 amide bonds. The quantitative estimate of drug-likeness (QED) is 0.406. The second-order valence-electron chi connectivity index (χ2n) is 6.97. The van der Waals surface area contributed by atoms with E-state index in [2.05, 4.69) is 5.32 Å². The monoisotopic (exact) mass is 407 g/mol.